The highest BCUT2D eigenvalue weighted by atomic mass is 32.1. The van der Waals surface area contributed by atoms with Gasteiger partial charge >= 0.3 is 0 Å². The van der Waals surface area contributed by atoms with Gasteiger partial charge in [-0.1, -0.05) is 18.2 Å². The molecule has 0 saturated heterocycles. The number of para-hydroxylation sites is 1. The van der Waals surface area contributed by atoms with E-state index in [2.05, 4.69) is 20.8 Å². The van der Waals surface area contributed by atoms with Crippen molar-refractivity contribution in [3.63, 3.8) is 0 Å². The summed E-state index contributed by atoms with van der Waals surface area (Å²) in [5, 5.41) is 7.49. The lowest BCUT2D eigenvalue weighted by atomic mass is 10.3. The summed E-state index contributed by atoms with van der Waals surface area (Å²) in [5.74, 6) is 0. The molecule has 0 bridgehead atoms. The Bertz CT molecular complexity index is 490. The third-order valence-electron chi connectivity index (χ3n) is 2.03. The number of anilines is 1. The fourth-order valence-corrected chi connectivity index (χ4v) is 1.43. The van der Waals surface area contributed by atoms with Crippen LogP contribution in [0.2, 0.25) is 0 Å². The molecular weight excluding hydrogens is 232 g/mol. The maximum Gasteiger partial charge on any atom is 0.191 e. The van der Waals surface area contributed by atoms with Crippen LogP contribution in [0.3, 0.4) is 0 Å². The third kappa shape index (κ3) is 3.73. The largest absolute Gasteiger partial charge is 0.367 e. The van der Waals surface area contributed by atoms with Crippen LogP contribution in [0.4, 0.5) is 5.69 Å². The lowest BCUT2D eigenvalue weighted by molar-refractivity contribution is 1.05. The monoisotopic (exact) mass is 244 g/mol. The summed E-state index contributed by atoms with van der Waals surface area (Å²) in [5.41, 5.74) is 4.66. The van der Waals surface area contributed by atoms with Crippen LogP contribution in [0.1, 0.15) is 5.56 Å². The van der Waals surface area contributed by atoms with Crippen LogP contribution >= 0.6 is 12.2 Å². The van der Waals surface area contributed by atoms with Crippen molar-refractivity contribution in [3.05, 3.63) is 54.4 Å². The fraction of sp³-hybridized carbons (Fsp3) is 0. The number of hydrazone groups is 1. The predicted octanol–water partition coefficient (Wildman–Crippen LogP) is 2.34. The Labute approximate surface area is 105 Å². The number of hydrogen-bond donors (Lipinski definition) is 3. The average Bonchev–Trinajstić information content (AvgIpc) is 2.83. The van der Waals surface area contributed by atoms with Crippen LogP contribution in [-0.4, -0.2) is 16.3 Å². The first-order valence-corrected chi connectivity index (χ1v) is 5.53. The number of hydrogen-bond acceptors (Lipinski definition) is 2. The molecule has 0 aliphatic carbocycles. The van der Waals surface area contributed by atoms with Gasteiger partial charge in [0, 0.05) is 23.6 Å². The number of benzene rings is 1. The molecule has 0 aliphatic rings. The van der Waals surface area contributed by atoms with Gasteiger partial charge in [0.25, 0.3) is 0 Å². The molecule has 17 heavy (non-hydrogen) atoms. The number of aromatic amines is 1. The van der Waals surface area contributed by atoms with Crippen molar-refractivity contribution in [2.75, 3.05) is 5.32 Å². The SMILES string of the molecule is S=C(N/N=C/c1cc[nH]c1)Nc1ccccc1. The first-order chi connectivity index (χ1) is 8.34. The molecule has 0 unspecified atom stereocenters. The number of aromatic nitrogens is 1. The Morgan fingerprint density at radius 1 is 1.24 bits per heavy atom. The van der Waals surface area contributed by atoms with Crippen LogP contribution < -0.4 is 10.7 Å². The minimum Gasteiger partial charge on any atom is -0.367 e. The number of rotatable bonds is 3. The Balaban J connectivity index is 1.82. The van der Waals surface area contributed by atoms with Gasteiger partial charge in [-0.05, 0) is 30.4 Å². The maximum absolute atomic E-state index is 5.09. The van der Waals surface area contributed by atoms with Gasteiger partial charge < -0.3 is 10.3 Å². The quantitative estimate of drug-likeness (QED) is 0.441. The molecule has 0 fully saturated rings. The van der Waals surface area contributed by atoms with E-state index < -0.39 is 0 Å². The predicted molar refractivity (Wildman–Crippen MR) is 74.2 cm³/mol. The summed E-state index contributed by atoms with van der Waals surface area (Å²) in [6.07, 6.45) is 5.37. The molecule has 5 heteroatoms. The molecule has 4 nitrogen and oxygen atoms in total. The van der Waals surface area contributed by atoms with Crippen LogP contribution in [0.25, 0.3) is 0 Å². The molecule has 86 valence electrons. The highest BCUT2D eigenvalue weighted by molar-refractivity contribution is 7.80. The topological polar surface area (TPSA) is 52.2 Å². The van der Waals surface area contributed by atoms with Crippen molar-refractivity contribution in [2.24, 2.45) is 5.10 Å². The Morgan fingerprint density at radius 3 is 2.76 bits per heavy atom. The van der Waals surface area contributed by atoms with Gasteiger partial charge in [-0.25, -0.2) is 0 Å². The molecule has 2 rings (SSSR count). The number of thiocarbonyl (C=S) groups is 1. The molecule has 0 saturated carbocycles. The third-order valence-corrected chi connectivity index (χ3v) is 2.23. The lowest BCUT2D eigenvalue weighted by Gasteiger charge is -2.05. The summed E-state index contributed by atoms with van der Waals surface area (Å²) in [7, 11) is 0. The first-order valence-electron chi connectivity index (χ1n) is 5.12. The van der Waals surface area contributed by atoms with E-state index in [1.807, 2.05) is 48.8 Å². The summed E-state index contributed by atoms with van der Waals surface area (Å²) in [6.45, 7) is 0. The van der Waals surface area contributed by atoms with E-state index >= 15 is 0 Å². The highest BCUT2D eigenvalue weighted by Crippen LogP contribution is 2.04. The van der Waals surface area contributed by atoms with Crippen molar-refractivity contribution in [1.82, 2.24) is 10.4 Å². The van der Waals surface area contributed by atoms with E-state index in [4.69, 9.17) is 12.2 Å². The molecule has 0 spiro atoms. The molecule has 0 atom stereocenters. The van der Waals surface area contributed by atoms with Gasteiger partial charge in [-0.15, -0.1) is 0 Å². The Kier molecular flexibility index (Phi) is 3.88. The van der Waals surface area contributed by atoms with Gasteiger partial charge in [0.05, 0.1) is 6.21 Å². The highest BCUT2D eigenvalue weighted by Gasteiger charge is 1.93. The van der Waals surface area contributed by atoms with Crippen LogP contribution in [0, 0.1) is 0 Å². The van der Waals surface area contributed by atoms with E-state index in [9.17, 15) is 0 Å². The first kappa shape index (κ1) is 11.3. The van der Waals surface area contributed by atoms with Gasteiger partial charge in [-0.2, -0.15) is 5.10 Å². The fourth-order valence-electron chi connectivity index (χ4n) is 1.26. The van der Waals surface area contributed by atoms with E-state index in [-0.39, 0.29) is 0 Å². The number of H-pyrrole nitrogens is 1. The molecule has 1 aromatic heterocycles. The van der Waals surface area contributed by atoms with Gasteiger partial charge in [0.1, 0.15) is 0 Å². The zero-order valence-electron chi connectivity index (χ0n) is 9.05. The molecule has 0 radical (unpaired) electrons. The van der Waals surface area contributed by atoms with Crippen molar-refractivity contribution in [1.29, 1.82) is 0 Å². The summed E-state index contributed by atoms with van der Waals surface area (Å²) in [6, 6.07) is 11.6. The van der Waals surface area contributed by atoms with Crippen molar-refractivity contribution in [2.45, 2.75) is 0 Å². The second-order valence-electron chi connectivity index (χ2n) is 3.33. The van der Waals surface area contributed by atoms with Gasteiger partial charge in [-0.3, -0.25) is 5.43 Å². The number of nitrogens with zero attached hydrogens (tertiary/aromatic N) is 1. The molecular formula is C12H12N4S. The van der Waals surface area contributed by atoms with Crippen molar-refractivity contribution >= 4 is 29.2 Å². The average molecular weight is 244 g/mol. The van der Waals surface area contributed by atoms with Crippen LogP contribution in [-0.2, 0) is 0 Å². The molecule has 1 heterocycles. The zero-order chi connectivity index (χ0) is 11.9. The normalized spacial score (nSPS) is 10.4. The van der Waals surface area contributed by atoms with E-state index in [1.165, 1.54) is 0 Å². The molecule has 0 aliphatic heterocycles. The molecule has 3 N–H and O–H groups in total. The van der Waals surface area contributed by atoms with Gasteiger partial charge in [0.15, 0.2) is 5.11 Å². The molecule has 2 aromatic rings. The second-order valence-corrected chi connectivity index (χ2v) is 3.74. The summed E-state index contributed by atoms with van der Waals surface area (Å²) in [4.78, 5) is 2.94. The lowest BCUT2D eigenvalue weighted by Crippen LogP contribution is -2.23. The Morgan fingerprint density at radius 2 is 2.06 bits per heavy atom. The van der Waals surface area contributed by atoms with Gasteiger partial charge in [0.2, 0.25) is 0 Å². The molecule has 0 amide bonds. The van der Waals surface area contributed by atoms with Crippen molar-refractivity contribution < 1.29 is 0 Å². The summed E-state index contributed by atoms with van der Waals surface area (Å²) < 4.78 is 0. The summed E-state index contributed by atoms with van der Waals surface area (Å²) >= 11 is 5.09. The van der Waals surface area contributed by atoms with Crippen LogP contribution in [0.15, 0.2) is 53.9 Å². The molecule has 1 aromatic carbocycles. The standard InChI is InChI=1S/C12H12N4S/c17-12(15-11-4-2-1-3-5-11)16-14-9-10-6-7-13-8-10/h1-9,13H,(H2,15,16,17)/b14-9+. The van der Waals surface area contributed by atoms with E-state index in [0.29, 0.717) is 5.11 Å². The van der Waals surface area contributed by atoms with E-state index in [1.54, 1.807) is 6.21 Å². The maximum atomic E-state index is 5.09. The minimum atomic E-state index is 0.461. The Hall–Kier alpha value is -2.14. The smallest absolute Gasteiger partial charge is 0.191 e. The minimum absolute atomic E-state index is 0.461. The van der Waals surface area contributed by atoms with E-state index in [0.717, 1.165) is 11.3 Å². The zero-order valence-corrected chi connectivity index (χ0v) is 9.87. The van der Waals surface area contributed by atoms with Crippen LogP contribution in [0.5, 0.6) is 0 Å². The van der Waals surface area contributed by atoms with Crippen molar-refractivity contribution in [3.8, 4) is 0 Å². The number of nitrogens with one attached hydrogen (secondary N) is 3. The second kappa shape index (κ2) is 5.81.